The van der Waals surface area contributed by atoms with E-state index in [1.165, 1.54) is 67.1 Å². The Labute approximate surface area is 209 Å². The Bertz CT molecular complexity index is 1460. The van der Waals surface area contributed by atoms with Gasteiger partial charge in [-0.25, -0.2) is 10.2 Å². The van der Waals surface area contributed by atoms with E-state index >= 15 is 0 Å². The van der Waals surface area contributed by atoms with E-state index in [4.69, 9.17) is 9.15 Å². The molecule has 0 spiro atoms. The van der Waals surface area contributed by atoms with Crippen LogP contribution in [0.25, 0.3) is 0 Å². The molecule has 0 aliphatic heterocycles. The Kier molecular flexibility index (Phi) is 7.45. The van der Waals surface area contributed by atoms with E-state index in [-0.39, 0.29) is 28.3 Å². The van der Waals surface area contributed by atoms with Crippen molar-refractivity contribution in [3.05, 3.63) is 124 Å². The number of esters is 1. The van der Waals surface area contributed by atoms with Gasteiger partial charge in [0.2, 0.25) is 5.76 Å². The van der Waals surface area contributed by atoms with Gasteiger partial charge in [-0.2, -0.15) is 5.10 Å². The van der Waals surface area contributed by atoms with Crippen LogP contribution in [0.1, 0.15) is 36.8 Å². The van der Waals surface area contributed by atoms with Crippen molar-refractivity contribution in [2.75, 3.05) is 5.32 Å². The molecule has 0 saturated heterocycles. The molecule has 0 aliphatic rings. The number of nitro benzene ring substituents is 1. The second kappa shape index (κ2) is 11.2. The molecule has 0 unspecified atom stereocenters. The normalized spacial score (nSPS) is 10.6. The molecular formula is C26H18N4O7. The van der Waals surface area contributed by atoms with Crippen molar-refractivity contribution >= 4 is 35.4 Å². The minimum Gasteiger partial charge on any atom is -0.457 e. The number of para-hydroxylation sites is 1. The second-order valence-corrected chi connectivity index (χ2v) is 7.44. The van der Waals surface area contributed by atoms with Gasteiger partial charge in [0.25, 0.3) is 17.5 Å². The van der Waals surface area contributed by atoms with E-state index in [2.05, 4.69) is 15.8 Å². The van der Waals surface area contributed by atoms with Crippen LogP contribution in [0.5, 0.6) is 5.75 Å². The van der Waals surface area contributed by atoms with Gasteiger partial charge >= 0.3 is 5.97 Å². The van der Waals surface area contributed by atoms with Crippen molar-refractivity contribution in [3.63, 3.8) is 0 Å². The number of hydrazone groups is 1. The van der Waals surface area contributed by atoms with Gasteiger partial charge in [-0.3, -0.25) is 19.7 Å². The van der Waals surface area contributed by atoms with Crippen molar-refractivity contribution in [1.29, 1.82) is 0 Å². The lowest BCUT2D eigenvalue weighted by molar-refractivity contribution is -0.384. The predicted molar refractivity (Wildman–Crippen MR) is 133 cm³/mol. The molecule has 3 aromatic carbocycles. The van der Waals surface area contributed by atoms with Gasteiger partial charge in [0.15, 0.2) is 0 Å². The number of hydrogen-bond donors (Lipinski definition) is 2. The summed E-state index contributed by atoms with van der Waals surface area (Å²) in [6.07, 6.45) is 2.69. The van der Waals surface area contributed by atoms with E-state index in [1.807, 2.05) is 0 Å². The smallest absolute Gasteiger partial charge is 0.379 e. The molecule has 2 amide bonds. The van der Waals surface area contributed by atoms with Crippen LogP contribution in [-0.2, 0) is 0 Å². The molecule has 4 aromatic rings. The molecule has 11 nitrogen and oxygen atoms in total. The molecule has 0 bridgehead atoms. The number of furan rings is 1. The molecule has 37 heavy (non-hydrogen) atoms. The molecule has 4 rings (SSSR count). The molecule has 2 N–H and O–H groups in total. The van der Waals surface area contributed by atoms with E-state index < -0.39 is 22.7 Å². The number of benzene rings is 3. The zero-order valence-corrected chi connectivity index (χ0v) is 19.0. The Balaban J connectivity index is 1.34. The topological polar surface area (TPSA) is 153 Å². The number of rotatable bonds is 8. The second-order valence-electron chi connectivity index (χ2n) is 7.44. The van der Waals surface area contributed by atoms with Crippen molar-refractivity contribution in [1.82, 2.24) is 5.43 Å². The number of nitro groups is 1. The summed E-state index contributed by atoms with van der Waals surface area (Å²) in [4.78, 5) is 47.1. The first-order valence-corrected chi connectivity index (χ1v) is 10.7. The summed E-state index contributed by atoms with van der Waals surface area (Å²) in [6.45, 7) is 0. The van der Waals surface area contributed by atoms with Gasteiger partial charge in [-0.15, -0.1) is 0 Å². The standard InChI is InChI=1S/C26H18N4O7/c31-24(17-9-13-21(14-10-17)30(34)35)28-20-11-7-18(8-12-20)25(32)29-27-16-19-4-1-2-5-22(19)37-26(33)23-6-3-15-36-23/h1-16H,(H,28,31)(H,29,32)/b27-16-. The summed E-state index contributed by atoms with van der Waals surface area (Å²) in [5.74, 6) is -1.35. The zero-order chi connectivity index (χ0) is 26.2. The van der Waals surface area contributed by atoms with Gasteiger partial charge in [0.05, 0.1) is 17.4 Å². The number of carbonyl (C=O) groups excluding carboxylic acids is 3. The van der Waals surface area contributed by atoms with Crippen LogP contribution in [-0.4, -0.2) is 28.9 Å². The number of anilines is 1. The predicted octanol–water partition coefficient (Wildman–Crippen LogP) is 4.42. The van der Waals surface area contributed by atoms with Crippen molar-refractivity contribution in [2.24, 2.45) is 5.10 Å². The van der Waals surface area contributed by atoms with E-state index in [0.717, 1.165) is 0 Å². The van der Waals surface area contributed by atoms with Gasteiger partial charge in [0, 0.05) is 34.5 Å². The largest absolute Gasteiger partial charge is 0.457 e. The van der Waals surface area contributed by atoms with Crippen LogP contribution < -0.4 is 15.5 Å². The Hall–Kier alpha value is -5.58. The minimum absolute atomic E-state index is 0.0485. The van der Waals surface area contributed by atoms with E-state index in [0.29, 0.717) is 11.3 Å². The molecule has 0 radical (unpaired) electrons. The highest BCUT2D eigenvalue weighted by Gasteiger charge is 2.14. The maximum absolute atomic E-state index is 12.4. The van der Waals surface area contributed by atoms with Crippen molar-refractivity contribution in [3.8, 4) is 5.75 Å². The number of ether oxygens (including phenoxy) is 1. The van der Waals surface area contributed by atoms with Crippen molar-refractivity contribution in [2.45, 2.75) is 0 Å². The van der Waals surface area contributed by atoms with Gasteiger partial charge < -0.3 is 14.5 Å². The molecule has 0 aliphatic carbocycles. The number of nitrogens with zero attached hydrogens (tertiary/aromatic N) is 2. The lowest BCUT2D eigenvalue weighted by Gasteiger charge is -2.07. The Morgan fingerprint density at radius 1 is 0.865 bits per heavy atom. The first-order valence-electron chi connectivity index (χ1n) is 10.7. The fourth-order valence-corrected chi connectivity index (χ4v) is 3.09. The van der Waals surface area contributed by atoms with Gasteiger partial charge in [0.1, 0.15) is 5.75 Å². The van der Waals surface area contributed by atoms with Gasteiger partial charge in [-0.05, 0) is 60.7 Å². The molecule has 11 heteroatoms. The maximum atomic E-state index is 12.4. The van der Waals surface area contributed by atoms with Crippen LogP contribution >= 0.6 is 0 Å². The fourth-order valence-electron chi connectivity index (χ4n) is 3.09. The third-order valence-electron chi connectivity index (χ3n) is 4.96. The zero-order valence-electron chi connectivity index (χ0n) is 19.0. The lowest BCUT2D eigenvalue weighted by Crippen LogP contribution is -2.18. The molecule has 0 fully saturated rings. The number of non-ortho nitro benzene ring substituents is 1. The van der Waals surface area contributed by atoms with Crippen molar-refractivity contribution < 1.29 is 28.5 Å². The summed E-state index contributed by atoms with van der Waals surface area (Å²) in [5.41, 5.74) is 3.67. The summed E-state index contributed by atoms with van der Waals surface area (Å²) >= 11 is 0. The Morgan fingerprint density at radius 3 is 2.22 bits per heavy atom. The fraction of sp³-hybridized carbons (Fsp3) is 0. The maximum Gasteiger partial charge on any atom is 0.379 e. The molecule has 1 heterocycles. The summed E-state index contributed by atoms with van der Waals surface area (Å²) < 4.78 is 10.3. The van der Waals surface area contributed by atoms with Crippen LogP contribution in [0.15, 0.2) is 101 Å². The minimum atomic E-state index is -0.671. The lowest BCUT2D eigenvalue weighted by atomic mass is 10.1. The third kappa shape index (κ3) is 6.31. The highest BCUT2D eigenvalue weighted by molar-refractivity contribution is 6.04. The summed E-state index contributed by atoms with van der Waals surface area (Å²) in [7, 11) is 0. The SMILES string of the molecule is O=C(N/N=C\c1ccccc1OC(=O)c1ccco1)c1ccc(NC(=O)c2ccc([N+](=O)[O-])cc2)cc1. The average Bonchev–Trinajstić information content (AvgIpc) is 3.45. The van der Waals surface area contributed by atoms with E-state index in [1.54, 1.807) is 30.3 Å². The first kappa shape index (κ1) is 24.5. The number of amides is 2. The summed E-state index contributed by atoms with van der Waals surface area (Å²) in [5, 5.41) is 17.3. The molecule has 1 aromatic heterocycles. The van der Waals surface area contributed by atoms with Crippen LogP contribution in [0.3, 0.4) is 0 Å². The molecule has 0 saturated carbocycles. The average molecular weight is 498 g/mol. The molecule has 0 atom stereocenters. The first-order chi connectivity index (χ1) is 17.9. The highest BCUT2D eigenvalue weighted by Crippen LogP contribution is 2.18. The monoisotopic (exact) mass is 498 g/mol. The molecule has 184 valence electrons. The Morgan fingerprint density at radius 2 is 1.54 bits per heavy atom. The number of nitrogens with one attached hydrogen (secondary N) is 2. The molecular weight excluding hydrogens is 480 g/mol. The number of carbonyl (C=O) groups is 3. The van der Waals surface area contributed by atoms with Gasteiger partial charge in [-0.1, -0.05) is 12.1 Å². The van der Waals surface area contributed by atoms with Crippen LogP contribution in [0, 0.1) is 10.1 Å². The van der Waals surface area contributed by atoms with E-state index in [9.17, 15) is 24.5 Å². The third-order valence-corrected chi connectivity index (χ3v) is 4.96. The quantitative estimate of drug-likeness (QED) is 0.120. The number of hydrogen-bond acceptors (Lipinski definition) is 8. The van der Waals surface area contributed by atoms with Crippen LogP contribution in [0.4, 0.5) is 11.4 Å². The van der Waals surface area contributed by atoms with Crippen LogP contribution in [0.2, 0.25) is 0 Å². The highest BCUT2D eigenvalue weighted by atomic mass is 16.6. The summed E-state index contributed by atoms with van der Waals surface area (Å²) in [6, 6.07) is 20.9.